The van der Waals surface area contributed by atoms with Gasteiger partial charge in [0.1, 0.15) is 4.90 Å². The van der Waals surface area contributed by atoms with Crippen molar-refractivity contribution < 1.29 is 13.6 Å². The Labute approximate surface area is 121 Å². The normalized spacial score (nSPS) is 14.7. The van der Waals surface area contributed by atoms with Crippen LogP contribution in [0, 0.1) is 0 Å². The average Bonchev–Trinajstić information content (AvgIpc) is 2.38. The molecule has 9 heteroatoms. The quantitative estimate of drug-likeness (QED) is 0.381. The van der Waals surface area contributed by atoms with E-state index in [1.165, 1.54) is 32.2 Å². The lowest BCUT2D eigenvalue weighted by atomic mass is 10.3. The maximum Gasteiger partial charge on any atom is 0.245 e. The van der Waals surface area contributed by atoms with Gasteiger partial charge in [-0.1, -0.05) is 28.4 Å². The van der Waals surface area contributed by atoms with Crippen molar-refractivity contribution in [3.63, 3.8) is 0 Å². The second-order valence-electron chi connectivity index (χ2n) is 3.80. The van der Waals surface area contributed by atoms with Gasteiger partial charge in [0, 0.05) is 12.1 Å². The predicted molar refractivity (Wildman–Crippen MR) is 74.3 cm³/mol. The zero-order chi connectivity index (χ0) is 14.8. The molecule has 0 aromatic heterocycles. The lowest BCUT2D eigenvalue weighted by Crippen LogP contribution is -2.43. The second kappa shape index (κ2) is 5.96. The summed E-state index contributed by atoms with van der Waals surface area (Å²) in [6.07, 6.45) is 0. The van der Waals surface area contributed by atoms with Crippen molar-refractivity contribution in [2.75, 3.05) is 7.05 Å². The van der Waals surface area contributed by atoms with Gasteiger partial charge in [0.25, 0.3) is 0 Å². The first kappa shape index (κ1) is 16.0. The number of benzene rings is 1. The highest BCUT2D eigenvalue weighted by Crippen LogP contribution is 2.27. The Bertz CT molecular complexity index is 604. The molecule has 0 heterocycles. The zero-order valence-electron chi connectivity index (χ0n) is 10.2. The number of rotatable bonds is 4. The number of nitrogens with zero attached hydrogens (tertiary/aromatic N) is 2. The largest absolute Gasteiger partial charge is 0.409 e. The van der Waals surface area contributed by atoms with Crippen molar-refractivity contribution in [3.05, 3.63) is 28.2 Å². The molecule has 0 radical (unpaired) electrons. The topological polar surface area (TPSA) is 96.0 Å². The van der Waals surface area contributed by atoms with Crippen LogP contribution in [0.3, 0.4) is 0 Å². The van der Waals surface area contributed by atoms with Gasteiger partial charge in [-0.2, -0.15) is 4.31 Å². The van der Waals surface area contributed by atoms with Crippen molar-refractivity contribution in [2.45, 2.75) is 17.9 Å². The number of hydrogen-bond acceptors (Lipinski definition) is 4. The third-order valence-electron chi connectivity index (χ3n) is 2.64. The highest BCUT2D eigenvalue weighted by molar-refractivity contribution is 7.89. The van der Waals surface area contributed by atoms with Crippen LogP contribution in [0.15, 0.2) is 28.3 Å². The van der Waals surface area contributed by atoms with Gasteiger partial charge in [0.15, 0.2) is 5.84 Å². The Kier molecular flexibility index (Phi) is 5.03. The summed E-state index contributed by atoms with van der Waals surface area (Å²) in [7, 11) is -2.60. The standard InChI is InChI=1S/C10H13Cl2N3O3S/c1-6(10(13)14-16)15(2)19(17,18)9-5-7(11)3-4-8(9)12/h3-6,16H,1-2H3,(H2,13,14). The smallest absolute Gasteiger partial charge is 0.245 e. The molecule has 1 aromatic carbocycles. The van der Waals surface area contributed by atoms with E-state index in [-0.39, 0.29) is 20.8 Å². The second-order valence-corrected chi connectivity index (χ2v) is 6.61. The van der Waals surface area contributed by atoms with Crippen LogP contribution in [0.4, 0.5) is 0 Å². The van der Waals surface area contributed by atoms with E-state index in [1.54, 1.807) is 0 Å². The van der Waals surface area contributed by atoms with Gasteiger partial charge >= 0.3 is 0 Å². The summed E-state index contributed by atoms with van der Waals surface area (Å²) in [5, 5.41) is 11.7. The first-order valence-electron chi connectivity index (χ1n) is 5.12. The fourth-order valence-electron chi connectivity index (χ4n) is 1.31. The molecule has 1 atom stereocenters. The highest BCUT2D eigenvalue weighted by Gasteiger charge is 2.29. The summed E-state index contributed by atoms with van der Waals surface area (Å²) in [6, 6.07) is 3.29. The Morgan fingerprint density at radius 3 is 2.58 bits per heavy atom. The van der Waals surface area contributed by atoms with E-state index >= 15 is 0 Å². The minimum Gasteiger partial charge on any atom is -0.409 e. The van der Waals surface area contributed by atoms with Gasteiger partial charge in [0.05, 0.1) is 11.1 Å². The van der Waals surface area contributed by atoms with Gasteiger partial charge in [-0.3, -0.25) is 0 Å². The third kappa shape index (κ3) is 3.30. The number of halogens is 2. The van der Waals surface area contributed by atoms with Crippen molar-refractivity contribution >= 4 is 39.1 Å². The zero-order valence-corrected chi connectivity index (χ0v) is 12.5. The number of amidine groups is 1. The summed E-state index contributed by atoms with van der Waals surface area (Å²) in [5.41, 5.74) is 5.39. The van der Waals surface area contributed by atoms with E-state index < -0.39 is 16.1 Å². The Morgan fingerprint density at radius 1 is 1.47 bits per heavy atom. The third-order valence-corrected chi connectivity index (χ3v) is 5.28. The molecule has 1 aromatic rings. The van der Waals surface area contributed by atoms with Gasteiger partial charge in [0.2, 0.25) is 10.0 Å². The number of oxime groups is 1. The van der Waals surface area contributed by atoms with Crippen LogP contribution in [0.1, 0.15) is 6.92 Å². The molecule has 0 bridgehead atoms. The van der Waals surface area contributed by atoms with Crippen LogP contribution in [0.2, 0.25) is 10.0 Å². The van der Waals surface area contributed by atoms with E-state index in [2.05, 4.69) is 5.16 Å². The summed E-state index contributed by atoms with van der Waals surface area (Å²) >= 11 is 11.6. The predicted octanol–water partition coefficient (Wildman–Crippen LogP) is 1.75. The van der Waals surface area contributed by atoms with Crippen LogP contribution in [-0.2, 0) is 10.0 Å². The first-order valence-corrected chi connectivity index (χ1v) is 7.32. The van der Waals surface area contributed by atoms with Crippen molar-refractivity contribution in [1.29, 1.82) is 0 Å². The number of sulfonamides is 1. The maximum atomic E-state index is 12.4. The van der Waals surface area contributed by atoms with Crippen LogP contribution in [0.25, 0.3) is 0 Å². The molecule has 1 rings (SSSR count). The Morgan fingerprint density at radius 2 is 2.05 bits per heavy atom. The summed E-state index contributed by atoms with van der Waals surface area (Å²) in [4.78, 5) is -0.137. The first-order chi connectivity index (χ1) is 8.71. The average molecular weight is 326 g/mol. The molecule has 0 fully saturated rings. The lowest BCUT2D eigenvalue weighted by molar-refractivity contribution is 0.311. The van der Waals surface area contributed by atoms with E-state index in [0.29, 0.717) is 0 Å². The molecule has 0 aliphatic carbocycles. The molecule has 6 nitrogen and oxygen atoms in total. The minimum atomic E-state index is -3.90. The molecule has 106 valence electrons. The molecule has 0 saturated carbocycles. The summed E-state index contributed by atoms with van der Waals surface area (Å²) < 4.78 is 25.7. The van der Waals surface area contributed by atoms with Gasteiger partial charge in [-0.15, -0.1) is 0 Å². The van der Waals surface area contributed by atoms with Gasteiger partial charge < -0.3 is 10.9 Å². The molecular formula is C10H13Cl2N3O3S. The molecule has 0 amide bonds. The molecule has 0 spiro atoms. The monoisotopic (exact) mass is 325 g/mol. The van der Waals surface area contributed by atoms with Crippen molar-refractivity contribution in [3.8, 4) is 0 Å². The Balaban J connectivity index is 3.28. The molecule has 0 aliphatic rings. The SMILES string of the molecule is CC(C(N)=NO)N(C)S(=O)(=O)c1cc(Cl)ccc1Cl. The number of likely N-dealkylation sites (N-methyl/N-ethyl adjacent to an activating group) is 1. The molecule has 0 saturated heterocycles. The minimum absolute atomic E-state index is 0.0444. The Hall–Kier alpha value is -1.02. The van der Waals surface area contributed by atoms with Crippen molar-refractivity contribution in [2.24, 2.45) is 10.9 Å². The van der Waals surface area contributed by atoms with Crippen LogP contribution < -0.4 is 5.73 Å². The highest BCUT2D eigenvalue weighted by atomic mass is 35.5. The molecular weight excluding hydrogens is 313 g/mol. The van der Waals surface area contributed by atoms with E-state index in [0.717, 1.165) is 4.31 Å². The number of hydrogen-bond donors (Lipinski definition) is 2. The maximum absolute atomic E-state index is 12.4. The van der Waals surface area contributed by atoms with E-state index in [1.807, 2.05) is 0 Å². The fraction of sp³-hybridized carbons (Fsp3) is 0.300. The molecule has 19 heavy (non-hydrogen) atoms. The van der Waals surface area contributed by atoms with Gasteiger partial charge in [-0.05, 0) is 25.1 Å². The number of nitrogens with two attached hydrogens (primary N) is 1. The van der Waals surface area contributed by atoms with E-state index in [4.69, 9.17) is 34.1 Å². The van der Waals surface area contributed by atoms with E-state index in [9.17, 15) is 8.42 Å². The van der Waals surface area contributed by atoms with Gasteiger partial charge in [-0.25, -0.2) is 8.42 Å². The fourth-order valence-corrected chi connectivity index (χ4v) is 3.38. The van der Waals surface area contributed by atoms with Crippen molar-refractivity contribution in [1.82, 2.24) is 4.31 Å². The van der Waals surface area contributed by atoms with Crippen LogP contribution in [-0.4, -0.2) is 36.9 Å². The van der Waals surface area contributed by atoms with Crippen LogP contribution >= 0.6 is 23.2 Å². The molecule has 3 N–H and O–H groups in total. The lowest BCUT2D eigenvalue weighted by Gasteiger charge is -2.23. The molecule has 0 aliphatic heterocycles. The summed E-state index contributed by atoms with van der Waals surface area (Å²) in [5.74, 6) is -0.232. The van der Waals surface area contributed by atoms with Crippen LogP contribution in [0.5, 0.6) is 0 Å². The molecule has 1 unspecified atom stereocenters. The summed E-state index contributed by atoms with van der Waals surface area (Å²) in [6.45, 7) is 1.48.